The molecule has 0 saturated heterocycles. The number of aromatic amines is 1. The number of benzene rings is 1. The summed E-state index contributed by atoms with van der Waals surface area (Å²) in [5, 5.41) is 7.76. The predicted molar refractivity (Wildman–Crippen MR) is 66.8 cm³/mol. The molecule has 0 saturated carbocycles. The van der Waals surface area contributed by atoms with Crippen molar-refractivity contribution in [1.82, 2.24) is 10.3 Å². The molecule has 0 spiro atoms. The van der Waals surface area contributed by atoms with Crippen LogP contribution in [0.25, 0.3) is 10.9 Å². The van der Waals surface area contributed by atoms with Gasteiger partial charge >= 0.3 is 0 Å². The Morgan fingerprint density at radius 1 is 1.38 bits per heavy atom. The van der Waals surface area contributed by atoms with Crippen molar-refractivity contribution >= 4 is 22.5 Å². The molecule has 1 unspecified atom stereocenters. The summed E-state index contributed by atoms with van der Waals surface area (Å²) < 4.78 is 0. The van der Waals surface area contributed by atoms with Gasteiger partial charge < -0.3 is 15.6 Å². The van der Waals surface area contributed by atoms with Crippen LogP contribution < -0.4 is 10.6 Å². The smallest absolute Gasteiger partial charge is 0.196 e. The van der Waals surface area contributed by atoms with Crippen molar-refractivity contribution in [1.29, 1.82) is 0 Å². The lowest BCUT2D eigenvalue weighted by Crippen LogP contribution is -2.32. The first-order valence-corrected chi connectivity index (χ1v) is 5.46. The van der Waals surface area contributed by atoms with E-state index in [1.807, 2.05) is 12.3 Å². The van der Waals surface area contributed by atoms with E-state index in [4.69, 9.17) is 0 Å². The average molecular weight is 214 g/mol. The molecular weight excluding hydrogens is 200 g/mol. The monoisotopic (exact) mass is 214 g/mol. The molecule has 3 N–H and O–H groups in total. The number of hydrogen-bond acceptors (Lipinski definition) is 3. The molecule has 1 aliphatic rings. The summed E-state index contributed by atoms with van der Waals surface area (Å²) in [4.78, 5) is 7.54. The lowest BCUT2D eigenvalue weighted by Gasteiger charge is -2.08. The summed E-state index contributed by atoms with van der Waals surface area (Å²) in [5.41, 5.74) is 2.22. The van der Waals surface area contributed by atoms with Crippen molar-refractivity contribution in [3.63, 3.8) is 0 Å². The molecule has 4 heteroatoms. The summed E-state index contributed by atoms with van der Waals surface area (Å²) in [5.74, 6) is 0.863. The van der Waals surface area contributed by atoms with Gasteiger partial charge in [-0.15, -0.1) is 0 Å². The van der Waals surface area contributed by atoms with Crippen molar-refractivity contribution in [2.75, 3.05) is 11.9 Å². The maximum absolute atomic E-state index is 4.37. The van der Waals surface area contributed by atoms with Crippen LogP contribution in [0.4, 0.5) is 5.69 Å². The van der Waals surface area contributed by atoms with Crippen LogP contribution >= 0.6 is 0 Å². The number of nitrogens with one attached hydrogen (secondary N) is 3. The Bertz CT molecular complexity index is 541. The van der Waals surface area contributed by atoms with Gasteiger partial charge in [0.2, 0.25) is 0 Å². The maximum atomic E-state index is 4.37. The summed E-state index contributed by atoms with van der Waals surface area (Å²) in [6, 6.07) is 8.72. The third kappa shape index (κ3) is 1.62. The molecule has 1 aliphatic heterocycles. The van der Waals surface area contributed by atoms with Gasteiger partial charge in [-0.25, -0.2) is 0 Å². The van der Waals surface area contributed by atoms with E-state index in [0.717, 1.165) is 23.7 Å². The van der Waals surface area contributed by atoms with Crippen LogP contribution in [0.5, 0.6) is 0 Å². The molecule has 0 bridgehead atoms. The topological polar surface area (TPSA) is 52.2 Å². The molecule has 3 rings (SSSR count). The minimum Gasteiger partial charge on any atom is -0.361 e. The Morgan fingerprint density at radius 2 is 2.31 bits per heavy atom. The molecule has 1 aromatic carbocycles. The molecule has 82 valence electrons. The molecule has 2 heterocycles. The zero-order valence-electron chi connectivity index (χ0n) is 9.12. The molecule has 1 atom stereocenters. The second kappa shape index (κ2) is 3.56. The second-order valence-corrected chi connectivity index (χ2v) is 4.14. The van der Waals surface area contributed by atoms with E-state index in [2.05, 4.69) is 45.7 Å². The Hall–Kier alpha value is -1.97. The van der Waals surface area contributed by atoms with Crippen LogP contribution in [0.3, 0.4) is 0 Å². The Kier molecular flexibility index (Phi) is 2.06. The highest BCUT2D eigenvalue weighted by molar-refractivity contribution is 5.96. The highest BCUT2D eigenvalue weighted by atomic mass is 15.2. The lowest BCUT2D eigenvalue weighted by molar-refractivity contribution is 0.725. The van der Waals surface area contributed by atoms with Crippen molar-refractivity contribution in [2.45, 2.75) is 13.0 Å². The largest absolute Gasteiger partial charge is 0.361 e. The number of anilines is 1. The first kappa shape index (κ1) is 9.27. The number of nitrogens with zero attached hydrogens (tertiary/aromatic N) is 1. The van der Waals surface area contributed by atoms with Crippen LogP contribution in [-0.2, 0) is 0 Å². The van der Waals surface area contributed by atoms with Gasteiger partial charge in [0.1, 0.15) is 0 Å². The molecule has 0 radical (unpaired) electrons. The van der Waals surface area contributed by atoms with Gasteiger partial charge in [-0.3, -0.25) is 4.99 Å². The van der Waals surface area contributed by atoms with Gasteiger partial charge in [0.05, 0.1) is 6.54 Å². The van der Waals surface area contributed by atoms with E-state index in [9.17, 15) is 0 Å². The molecule has 0 fully saturated rings. The Balaban J connectivity index is 1.84. The van der Waals surface area contributed by atoms with Gasteiger partial charge in [-0.05, 0) is 31.2 Å². The third-order valence-electron chi connectivity index (χ3n) is 2.72. The molecule has 1 aromatic heterocycles. The van der Waals surface area contributed by atoms with E-state index in [-0.39, 0.29) is 0 Å². The van der Waals surface area contributed by atoms with Gasteiger partial charge in [0.25, 0.3) is 0 Å². The number of H-pyrrole nitrogens is 1. The fraction of sp³-hybridized carbons (Fsp3) is 0.250. The van der Waals surface area contributed by atoms with E-state index < -0.39 is 0 Å². The van der Waals surface area contributed by atoms with Crippen LogP contribution in [0.2, 0.25) is 0 Å². The van der Waals surface area contributed by atoms with E-state index in [1.165, 1.54) is 5.39 Å². The zero-order valence-corrected chi connectivity index (χ0v) is 9.12. The lowest BCUT2D eigenvalue weighted by atomic mass is 10.2. The summed E-state index contributed by atoms with van der Waals surface area (Å²) in [6.45, 7) is 2.96. The number of hydrogen-bond donors (Lipinski definition) is 3. The average Bonchev–Trinajstić information content (AvgIpc) is 2.87. The summed E-state index contributed by atoms with van der Waals surface area (Å²) in [7, 11) is 0. The van der Waals surface area contributed by atoms with E-state index in [0.29, 0.717) is 6.04 Å². The molecule has 0 aliphatic carbocycles. The highest BCUT2D eigenvalue weighted by Gasteiger charge is 2.12. The van der Waals surface area contributed by atoms with Crippen LogP contribution in [-0.4, -0.2) is 23.5 Å². The van der Waals surface area contributed by atoms with Crippen molar-refractivity contribution in [3.05, 3.63) is 30.5 Å². The number of rotatable bonds is 1. The van der Waals surface area contributed by atoms with Crippen molar-refractivity contribution in [3.8, 4) is 0 Å². The molecule has 2 aromatic rings. The summed E-state index contributed by atoms with van der Waals surface area (Å²) >= 11 is 0. The number of guanidine groups is 1. The third-order valence-corrected chi connectivity index (χ3v) is 2.72. The van der Waals surface area contributed by atoms with E-state index >= 15 is 0 Å². The van der Waals surface area contributed by atoms with Crippen LogP contribution in [0.1, 0.15) is 6.92 Å². The standard InChI is InChI=1S/C12H14N4/c1-8-7-14-12(15-8)16-10-2-3-11-9(6-10)4-5-13-11/h2-6,8,13H,7H2,1H3,(H2,14,15,16). The van der Waals surface area contributed by atoms with Gasteiger partial charge in [-0.1, -0.05) is 0 Å². The van der Waals surface area contributed by atoms with Crippen molar-refractivity contribution in [2.24, 2.45) is 4.99 Å². The SMILES string of the molecule is CC1CN=C(Nc2ccc3[nH]ccc3c2)N1. The Labute approximate surface area is 93.8 Å². The molecule has 0 amide bonds. The first-order chi connectivity index (χ1) is 7.81. The number of aromatic nitrogens is 1. The molecule has 16 heavy (non-hydrogen) atoms. The van der Waals surface area contributed by atoms with Gasteiger partial charge in [-0.2, -0.15) is 0 Å². The van der Waals surface area contributed by atoms with Crippen molar-refractivity contribution < 1.29 is 0 Å². The van der Waals surface area contributed by atoms with E-state index in [1.54, 1.807) is 0 Å². The number of aliphatic imine (C=N–C) groups is 1. The predicted octanol–water partition coefficient (Wildman–Crippen LogP) is 1.93. The fourth-order valence-corrected chi connectivity index (χ4v) is 1.90. The second-order valence-electron chi connectivity index (χ2n) is 4.14. The normalized spacial score (nSPS) is 19.6. The van der Waals surface area contributed by atoms with Crippen LogP contribution in [0, 0.1) is 0 Å². The fourth-order valence-electron chi connectivity index (χ4n) is 1.90. The molecule has 4 nitrogen and oxygen atoms in total. The Morgan fingerprint density at radius 3 is 3.12 bits per heavy atom. The van der Waals surface area contributed by atoms with Gasteiger partial charge in [0, 0.05) is 28.8 Å². The van der Waals surface area contributed by atoms with Gasteiger partial charge in [0.15, 0.2) is 5.96 Å². The number of fused-ring (bicyclic) bond motifs is 1. The van der Waals surface area contributed by atoms with Crippen LogP contribution in [0.15, 0.2) is 35.5 Å². The minimum atomic E-state index is 0.429. The minimum absolute atomic E-state index is 0.429. The maximum Gasteiger partial charge on any atom is 0.196 e. The first-order valence-electron chi connectivity index (χ1n) is 5.46. The zero-order chi connectivity index (χ0) is 11.0. The highest BCUT2D eigenvalue weighted by Crippen LogP contribution is 2.17. The quantitative estimate of drug-likeness (QED) is 0.679. The summed E-state index contributed by atoms with van der Waals surface area (Å²) in [6.07, 6.45) is 1.95. The molecular formula is C12H14N4.